The van der Waals surface area contributed by atoms with Crippen molar-refractivity contribution in [2.75, 3.05) is 5.32 Å². The Bertz CT molecular complexity index is 447. The van der Waals surface area contributed by atoms with Crippen LogP contribution >= 0.6 is 0 Å². The zero-order valence-electron chi connectivity index (χ0n) is 6.78. The summed E-state index contributed by atoms with van der Waals surface area (Å²) in [6.45, 7) is 0.772. The molecular weight excluding hydrogens is 166 g/mol. The average Bonchev–Trinajstić information content (AvgIpc) is 2.65. The van der Waals surface area contributed by atoms with E-state index in [4.69, 9.17) is 0 Å². The fourth-order valence-corrected chi connectivity index (χ4v) is 1.52. The second-order valence-electron chi connectivity index (χ2n) is 2.90. The SMILES string of the molecule is c1nc2c([nH]1)CNc1cnncc1-2. The lowest BCUT2D eigenvalue weighted by Gasteiger charge is -2.15. The molecule has 5 nitrogen and oxygen atoms in total. The highest BCUT2D eigenvalue weighted by molar-refractivity contribution is 5.77. The normalized spacial score (nSPS) is 12.9. The van der Waals surface area contributed by atoms with Gasteiger partial charge in [0.15, 0.2) is 0 Å². The van der Waals surface area contributed by atoms with Crippen molar-refractivity contribution < 1.29 is 0 Å². The molecule has 64 valence electrons. The number of H-pyrrole nitrogens is 1. The van der Waals surface area contributed by atoms with Crippen molar-refractivity contribution in [2.24, 2.45) is 0 Å². The van der Waals surface area contributed by atoms with Crippen LogP contribution in [0.5, 0.6) is 0 Å². The Hall–Kier alpha value is -1.91. The third-order valence-corrected chi connectivity index (χ3v) is 2.16. The predicted molar refractivity (Wildman–Crippen MR) is 46.9 cm³/mol. The van der Waals surface area contributed by atoms with Crippen LogP contribution in [0.1, 0.15) is 5.69 Å². The number of aromatic amines is 1. The minimum Gasteiger partial charge on any atom is -0.377 e. The Morgan fingerprint density at radius 1 is 1.23 bits per heavy atom. The molecule has 1 aliphatic heterocycles. The Morgan fingerprint density at radius 2 is 2.15 bits per heavy atom. The third kappa shape index (κ3) is 0.837. The zero-order valence-corrected chi connectivity index (χ0v) is 6.78. The van der Waals surface area contributed by atoms with Crippen molar-refractivity contribution in [3.05, 3.63) is 24.4 Å². The van der Waals surface area contributed by atoms with Gasteiger partial charge in [0.25, 0.3) is 0 Å². The highest BCUT2D eigenvalue weighted by atomic mass is 15.1. The molecule has 0 saturated carbocycles. The summed E-state index contributed by atoms with van der Waals surface area (Å²) in [5, 5.41) is 10.9. The molecule has 0 radical (unpaired) electrons. The highest BCUT2D eigenvalue weighted by Crippen LogP contribution is 2.31. The smallest absolute Gasteiger partial charge is 0.0968 e. The van der Waals surface area contributed by atoms with Gasteiger partial charge in [-0.3, -0.25) is 0 Å². The number of aromatic nitrogens is 4. The molecule has 2 N–H and O–H groups in total. The summed E-state index contributed by atoms with van der Waals surface area (Å²) in [6.07, 6.45) is 5.13. The fraction of sp³-hybridized carbons (Fsp3) is 0.125. The summed E-state index contributed by atoms with van der Waals surface area (Å²) in [5.41, 5.74) is 4.08. The lowest BCUT2D eigenvalue weighted by molar-refractivity contribution is 0.995. The fourth-order valence-electron chi connectivity index (χ4n) is 1.52. The Morgan fingerprint density at radius 3 is 3.15 bits per heavy atom. The van der Waals surface area contributed by atoms with Crippen molar-refractivity contribution in [3.63, 3.8) is 0 Å². The van der Waals surface area contributed by atoms with E-state index in [0.717, 1.165) is 29.2 Å². The Kier molecular flexibility index (Phi) is 1.16. The standard InChI is InChI=1S/C8H7N5/c1-5-6(3-13-12-1)9-2-7-8(5)11-4-10-7/h1,3-4,9H,2H2,(H,10,11). The minimum absolute atomic E-state index is 0.772. The van der Waals surface area contributed by atoms with Crippen LogP contribution in [0.25, 0.3) is 11.3 Å². The summed E-state index contributed by atoms with van der Waals surface area (Å²) in [6, 6.07) is 0. The second kappa shape index (κ2) is 2.29. The first-order valence-corrected chi connectivity index (χ1v) is 4.02. The molecule has 0 aromatic carbocycles. The van der Waals surface area contributed by atoms with Gasteiger partial charge in [0.05, 0.1) is 42.3 Å². The number of nitrogens with one attached hydrogen (secondary N) is 2. The molecule has 0 bridgehead atoms. The molecule has 3 heterocycles. The van der Waals surface area contributed by atoms with Gasteiger partial charge in [0, 0.05) is 5.56 Å². The average molecular weight is 173 g/mol. The van der Waals surface area contributed by atoms with Crippen LogP contribution in [0, 0.1) is 0 Å². The number of fused-ring (bicyclic) bond motifs is 3. The molecule has 0 amide bonds. The van der Waals surface area contributed by atoms with Crippen molar-refractivity contribution in [1.29, 1.82) is 0 Å². The lowest BCUT2D eigenvalue weighted by Crippen LogP contribution is -2.09. The van der Waals surface area contributed by atoms with E-state index in [-0.39, 0.29) is 0 Å². The van der Waals surface area contributed by atoms with Crippen molar-refractivity contribution >= 4 is 5.69 Å². The number of anilines is 1. The van der Waals surface area contributed by atoms with Crippen LogP contribution < -0.4 is 5.32 Å². The van der Waals surface area contributed by atoms with Gasteiger partial charge in [-0.25, -0.2) is 4.98 Å². The van der Waals surface area contributed by atoms with Crippen LogP contribution in [-0.2, 0) is 6.54 Å². The van der Waals surface area contributed by atoms with Crippen molar-refractivity contribution in [2.45, 2.75) is 6.54 Å². The molecule has 2 aromatic heterocycles. The molecule has 0 aliphatic carbocycles. The summed E-state index contributed by atoms with van der Waals surface area (Å²) in [5.74, 6) is 0. The van der Waals surface area contributed by atoms with Gasteiger partial charge < -0.3 is 10.3 Å². The van der Waals surface area contributed by atoms with Gasteiger partial charge in [-0.2, -0.15) is 10.2 Å². The topological polar surface area (TPSA) is 66.5 Å². The first kappa shape index (κ1) is 6.59. The second-order valence-corrected chi connectivity index (χ2v) is 2.90. The number of hydrogen-bond acceptors (Lipinski definition) is 4. The molecule has 0 unspecified atom stereocenters. The first-order valence-electron chi connectivity index (χ1n) is 4.02. The molecule has 0 spiro atoms. The van der Waals surface area contributed by atoms with Crippen LogP contribution in [0.3, 0.4) is 0 Å². The van der Waals surface area contributed by atoms with Gasteiger partial charge in [-0.15, -0.1) is 0 Å². The summed E-state index contributed by atoms with van der Waals surface area (Å²) < 4.78 is 0. The van der Waals surface area contributed by atoms with Crippen LogP contribution in [0.4, 0.5) is 5.69 Å². The van der Waals surface area contributed by atoms with E-state index in [0.29, 0.717) is 0 Å². The molecule has 3 rings (SSSR count). The third-order valence-electron chi connectivity index (χ3n) is 2.16. The van der Waals surface area contributed by atoms with Gasteiger partial charge in [0.2, 0.25) is 0 Å². The van der Waals surface area contributed by atoms with Crippen LogP contribution in [-0.4, -0.2) is 20.2 Å². The maximum atomic E-state index is 4.23. The Balaban J connectivity index is 2.30. The summed E-state index contributed by atoms with van der Waals surface area (Å²) in [7, 11) is 0. The van der Waals surface area contributed by atoms with Gasteiger partial charge in [-0.05, 0) is 0 Å². The zero-order chi connectivity index (χ0) is 8.67. The molecule has 1 aliphatic rings. The van der Waals surface area contributed by atoms with Gasteiger partial charge >= 0.3 is 0 Å². The predicted octanol–water partition coefficient (Wildman–Crippen LogP) is 0.792. The molecule has 13 heavy (non-hydrogen) atoms. The number of imidazole rings is 1. The van der Waals surface area contributed by atoms with Crippen LogP contribution in [0.15, 0.2) is 18.7 Å². The molecule has 0 atom stereocenters. The van der Waals surface area contributed by atoms with Gasteiger partial charge in [0.1, 0.15) is 0 Å². The summed E-state index contributed by atoms with van der Waals surface area (Å²) >= 11 is 0. The molecule has 0 saturated heterocycles. The molecular formula is C8H7N5. The molecule has 0 fully saturated rings. The maximum Gasteiger partial charge on any atom is 0.0968 e. The Labute approximate surface area is 74.2 Å². The van der Waals surface area contributed by atoms with E-state index in [1.807, 2.05) is 0 Å². The van der Waals surface area contributed by atoms with E-state index < -0.39 is 0 Å². The van der Waals surface area contributed by atoms with Crippen molar-refractivity contribution in [1.82, 2.24) is 20.2 Å². The van der Waals surface area contributed by atoms with Crippen molar-refractivity contribution in [3.8, 4) is 11.3 Å². The van der Waals surface area contributed by atoms with Crippen LogP contribution in [0.2, 0.25) is 0 Å². The van der Waals surface area contributed by atoms with E-state index in [1.165, 1.54) is 0 Å². The maximum absolute atomic E-state index is 4.23. The van der Waals surface area contributed by atoms with E-state index in [9.17, 15) is 0 Å². The number of rotatable bonds is 0. The number of nitrogens with zero attached hydrogens (tertiary/aromatic N) is 3. The monoisotopic (exact) mass is 173 g/mol. The van der Waals surface area contributed by atoms with Gasteiger partial charge in [-0.1, -0.05) is 0 Å². The van der Waals surface area contributed by atoms with E-state index in [1.54, 1.807) is 18.7 Å². The van der Waals surface area contributed by atoms with E-state index >= 15 is 0 Å². The quantitative estimate of drug-likeness (QED) is 0.618. The highest BCUT2D eigenvalue weighted by Gasteiger charge is 2.17. The lowest BCUT2D eigenvalue weighted by atomic mass is 10.1. The number of hydrogen-bond donors (Lipinski definition) is 2. The largest absolute Gasteiger partial charge is 0.377 e. The van der Waals surface area contributed by atoms with E-state index in [2.05, 4.69) is 25.5 Å². The summed E-state index contributed by atoms with van der Waals surface area (Å²) in [4.78, 5) is 7.31. The minimum atomic E-state index is 0.772. The first-order chi connectivity index (χ1) is 6.45. The molecule has 5 heteroatoms. The molecule has 2 aromatic rings.